The molecule has 0 aromatic heterocycles. The highest BCUT2D eigenvalue weighted by molar-refractivity contribution is 14.0. The Labute approximate surface area is 211 Å². The average molecular weight is 563 g/mol. The minimum Gasteiger partial charge on any atom is -0.492 e. The van der Waals surface area contributed by atoms with Crippen LogP contribution in [0, 0.1) is 5.92 Å². The molecule has 1 fully saturated rings. The zero-order valence-electron chi connectivity index (χ0n) is 20.1. The maximum Gasteiger partial charge on any atom is 0.191 e. The normalized spacial score (nSPS) is 16.1. The van der Waals surface area contributed by atoms with Gasteiger partial charge < -0.3 is 29.7 Å². The zero-order valence-corrected chi connectivity index (χ0v) is 22.4. The summed E-state index contributed by atoms with van der Waals surface area (Å²) < 4.78 is 17.0. The zero-order chi connectivity index (χ0) is 22.2. The number of nitrogens with zero attached hydrogens (tertiary/aromatic N) is 2. The van der Waals surface area contributed by atoms with Gasteiger partial charge in [0.25, 0.3) is 0 Å². The molecule has 1 heterocycles. The Kier molecular flexibility index (Phi) is 16.6. The summed E-state index contributed by atoms with van der Waals surface area (Å²) in [6, 6.07) is 8.22. The van der Waals surface area contributed by atoms with Crippen LogP contribution in [-0.2, 0) is 16.0 Å². The highest BCUT2D eigenvalue weighted by atomic mass is 127. The van der Waals surface area contributed by atoms with Gasteiger partial charge in [-0.15, -0.1) is 24.0 Å². The van der Waals surface area contributed by atoms with E-state index in [0.717, 1.165) is 89.3 Å². The van der Waals surface area contributed by atoms with Crippen molar-refractivity contribution in [1.29, 1.82) is 0 Å². The molecule has 0 radical (unpaired) electrons. The standard InChI is InChI=1S/C24H42N4O3.HI/c1-4-25-24(26-13-7-15-29-19-22-12-16-30-20-22)27-18-21-8-10-23(11-9-21)31-17-14-28(5-2)6-3;/h8-11,22H,4-7,12-20H2,1-3H3,(H2,25,26,27);1H. The smallest absolute Gasteiger partial charge is 0.191 e. The van der Waals surface area contributed by atoms with Crippen LogP contribution in [0.5, 0.6) is 5.75 Å². The molecule has 1 aromatic rings. The molecule has 0 aliphatic carbocycles. The second-order valence-electron chi connectivity index (χ2n) is 7.80. The first-order chi connectivity index (χ1) is 15.2. The van der Waals surface area contributed by atoms with Gasteiger partial charge in [-0.25, -0.2) is 4.99 Å². The minimum atomic E-state index is 0. The lowest BCUT2D eigenvalue weighted by Crippen LogP contribution is -2.38. The molecule has 1 atom stereocenters. The van der Waals surface area contributed by atoms with Crippen molar-refractivity contribution in [3.8, 4) is 5.75 Å². The molecule has 1 unspecified atom stereocenters. The number of nitrogens with one attached hydrogen (secondary N) is 2. The number of aliphatic imine (C=N–C) groups is 1. The third-order valence-electron chi connectivity index (χ3n) is 5.39. The molecule has 32 heavy (non-hydrogen) atoms. The number of likely N-dealkylation sites (N-methyl/N-ethyl adjacent to an activating group) is 1. The van der Waals surface area contributed by atoms with Crippen LogP contribution in [0.15, 0.2) is 29.3 Å². The molecule has 0 bridgehead atoms. The number of hydrogen-bond acceptors (Lipinski definition) is 5. The minimum absolute atomic E-state index is 0. The van der Waals surface area contributed by atoms with Gasteiger partial charge in [-0.3, -0.25) is 0 Å². The second kappa shape index (κ2) is 18.3. The van der Waals surface area contributed by atoms with Gasteiger partial charge in [0, 0.05) is 38.8 Å². The molecule has 2 N–H and O–H groups in total. The third-order valence-corrected chi connectivity index (χ3v) is 5.39. The SMILES string of the molecule is CCNC(=NCc1ccc(OCCN(CC)CC)cc1)NCCCOCC1CCOC1.I. The fourth-order valence-electron chi connectivity index (χ4n) is 3.38. The van der Waals surface area contributed by atoms with E-state index in [1.165, 1.54) is 0 Å². The Balaban J connectivity index is 0.00000512. The largest absolute Gasteiger partial charge is 0.492 e. The van der Waals surface area contributed by atoms with Crippen molar-refractivity contribution in [2.45, 2.75) is 40.2 Å². The summed E-state index contributed by atoms with van der Waals surface area (Å²) >= 11 is 0. The second-order valence-corrected chi connectivity index (χ2v) is 7.80. The van der Waals surface area contributed by atoms with Gasteiger partial charge in [-0.05, 0) is 50.6 Å². The average Bonchev–Trinajstić information content (AvgIpc) is 3.31. The molecular weight excluding hydrogens is 519 g/mol. The van der Waals surface area contributed by atoms with E-state index in [2.05, 4.69) is 48.4 Å². The van der Waals surface area contributed by atoms with Gasteiger partial charge in [0.1, 0.15) is 12.4 Å². The van der Waals surface area contributed by atoms with E-state index in [1.807, 2.05) is 12.1 Å². The number of halogens is 1. The maximum absolute atomic E-state index is 5.86. The van der Waals surface area contributed by atoms with Gasteiger partial charge in [0.15, 0.2) is 5.96 Å². The van der Waals surface area contributed by atoms with Crippen molar-refractivity contribution in [2.75, 3.05) is 65.8 Å². The van der Waals surface area contributed by atoms with Crippen molar-refractivity contribution in [3.05, 3.63) is 29.8 Å². The lowest BCUT2D eigenvalue weighted by molar-refractivity contribution is 0.0888. The van der Waals surface area contributed by atoms with Crippen molar-refractivity contribution in [2.24, 2.45) is 10.9 Å². The van der Waals surface area contributed by atoms with Crippen LogP contribution in [0.1, 0.15) is 39.2 Å². The van der Waals surface area contributed by atoms with Crippen molar-refractivity contribution < 1.29 is 14.2 Å². The molecule has 184 valence electrons. The van der Waals surface area contributed by atoms with E-state index in [1.54, 1.807) is 0 Å². The lowest BCUT2D eigenvalue weighted by Gasteiger charge is -2.18. The molecule has 1 aliphatic rings. The number of guanidine groups is 1. The summed E-state index contributed by atoms with van der Waals surface area (Å²) in [6.45, 7) is 15.8. The highest BCUT2D eigenvalue weighted by Crippen LogP contribution is 2.13. The first kappa shape index (κ1) is 28.9. The summed E-state index contributed by atoms with van der Waals surface area (Å²) in [7, 11) is 0. The molecule has 2 rings (SSSR count). The van der Waals surface area contributed by atoms with E-state index in [9.17, 15) is 0 Å². The Morgan fingerprint density at radius 2 is 1.91 bits per heavy atom. The molecule has 1 aliphatic heterocycles. The Hall–Kier alpha value is -1.10. The van der Waals surface area contributed by atoms with Crippen LogP contribution in [0.2, 0.25) is 0 Å². The van der Waals surface area contributed by atoms with Crippen molar-refractivity contribution in [1.82, 2.24) is 15.5 Å². The molecule has 7 nitrogen and oxygen atoms in total. The summed E-state index contributed by atoms with van der Waals surface area (Å²) in [4.78, 5) is 7.05. The number of rotatable bonds is 15. The molecular formula is C24H43IN4O3. The van der Waals surface area contributed by atoms with Gasteiger partial charge >= 0.3 is 0 Å². The maximum atomic E-state index is 5.86. The predicted octanol–water partition coefficient (Wildman–Crippen LogP) is 3.52. The molecule has 1 aromatic carbocycles. The summed E-state index contributed by atoms with van der Waals surface area (Å²) in [6.07, 6.45) is 2.08. The molecule has 1 saturated heterocycles. The topological polar surface area (TPSA) is 67.4 Å². The first-order valence-corrected chi connectivity index (χ1v) is 11.9. The van der Waals surface area contributed by atoms with Crippen LogP contribution in [-0.4, -0.2) is 76.6 Å². The highest BCUT2D eigenvalue weighted by Gasteiger charge is 2.15. The molecule has 0 amide bonds. The van der Waals surface area contributed by atoms with Crippen LogP contribution in [0.3, 0.4) is 0 Å². The Morgan fingerprint density at radius 3 is 2.56 bits per heavy atom. The molecule has 8 heteroatoms. The lowest BCUT2D eigenvalue weighted by atomic mass is 10.1. The number of hydrogen-bond donors (Lipinski definition) is 2. The van der Waals surface area contributed by atoms with Gasteiger partial charge in [-0.1, -0.05) is 26.0 Å². The quantitative estimate of drug-likeness (QED) is 0.148. The van der Waals surface area contributed by atoms with Crippen LogP contribution in [0.25, 0.3) is 0 Å². The van der Waals surface area contributed by atoms with Crippen LogP contribution in [0.4, 0.5) is 0 Å². The monoisotopic (exact) mass is 562 g/mol. The Bertz CT molecular complexity index is 606. The van der Waals surface area contributed by atoms with Crippen LogP contribution < -0.4 is 15.4 Å². The van der Waals surface area contributed by atoms with E-state index >= 15 is 0 Å². The van der Waals surface area contributed by atoms with E-state index in [4.69, 9.17) is 19.2 Å². The van der Waals surface area contributed by atoms with Gasteiger partial charge in [0.05, 0.1) is 19.8 Å². The van der Waals surface area contributed by atoms with Gasteiger partial charge in [-0.2, -0.15) is 0 Å². The predicted molar refractivity (Wildman–Crippen MR) is 142 cm³/mol. The van der Waals surface area contributed by atoms with Crippen LogP contribution >= 0.6 is 24.0 Å². The fraction of sp³-hybridized carbons (Fsp3) is 0.708. The Morgan fingerprint density at radius 1 is 1.12 bits per heavy atom. The van der Waals surface area contributed by atoms with E-state index in [-0.39, 0.29) is 24.0 Å². The third kappa shape index (κ3) is 12.2. The molecule has 0 spiro atoms. The van der Waals surface area contributed by atoms with Gasteiger partial charge in [0.2, 0.25) is 0 Å². The van der Waals surface area contributed by atoms with Crippen molar-refractivity contribution in [3.63, 3.8) is 0 Å². The number of ether oxygens (including phenoxy) is 3. The number of benzene rings is 1. The fourth-order valence-corrected chi connectivity index (χ4v) is 3.38. The van der Waals surface area contributed by atoms with E-state index < -0.39 is 0 Å². The first-order valence-electron chi connectivity index (χ1n) is 11.9. The van der Waals surface area contributed by atoms with Crippen molar-refractivity contribution >= 4 is 29.9 Å². The summed E-state index contributed by atoms with van der Waals surface area (Å²) in [5.41, 5.74) is 1.16. The van der Waals surface area contributed by atoms with E-state index in [0.29, 0.717) is 19.1 Å². The molecule has 0 saturated carbocycles. The summed E-state index contributed by atoms with van der Waals surface area (Å²) in [5.74, 6) is 2.33. The summed E-state index contributed by atoms with van der Waals surface area (Å²) in [5, 5.41) is 6.69.